The number of hydrogen-bond donors (Lipinski definition) is 1. The molecule has 1 aromatic carbocycles. The molecule has 4 nitrogen and oxygen atoms in total. The molecule has 4 rings (SSSR count). The van der Waals surface area contributed by atoms with Crippen LogP contribution in [0, 0.1) is 0 Å². The van der Waals surface area contributed by atoms with Crippen molar-refractivity contribution in [2.24, 2.45) is 0 Å². The van der Waals surface area contributed by atoms with Crippen molar-refractivity contribution < 1.29 is 4.74 Å². The Morgan fingerprint density at radius 1 is 1.19 bits per heavy atom. The van der Waals surface area contributed by atoms with Gasteiger partial charge < -0.3 is 9.64 Å². The number of benzene rings is 1. The largest absolute Gasteiger partial charge is 0.375 e. The Balaban J connectivity index is 1.64. The van der Waals surface area contributed by atoms with Crippen molar-refractivity contribution in [3.05, 3.63) is 52.7 Å². The van der Waals surface area contributed by atoms with Gasteiger partial charge in [-0.1, -0.05) is 42.1 Å². The quantitative estimate of drug-likeness (QED) is 0.751. The Hall–Kier alpha value is -1.82. The summed E-state index contributed by atoms with van der Waals surface area (Å²) in [5, 5.41) is 7.95. The number of H-pyrrole nitrogens is 1. The van der Waals surface area contributed by atoms with Crippen LogP contribution in [0.3, 0.4) is 0 Å². The van der Waals surface area contributed by atoms with Crippen molar-refractivity contribution in [2.75, 3.05) is 27.2 Å². The van der Waals surface area contributed by atoms with Gasteiger partial charge in [-0.05, 0) is 51.5 Å². The highest BCUT2D eigenvalue weighted by Gasteiger charge is 2.27. The van der Waals surface area contributed by atoms with Crippen LogP contribution in [0.15, 0.2) is 46.2 Å². The summed E-state index contributed by atoms with van der Waals surface area (Å²) in [6, 6.07) is 8.62. The standard InChI is InChI=1S/C21H25N3OS/c1-24(2)12-7-13-25-14-17-20-15-8-3-5-10-18(15)26-19-11-6-4-9-16(19)21(20)23-22-17/h3,5,8-11H,4,6-7,12-14H2,1-2H3,(H,22,23). The van der Waals surface area contributed by atoms with E-state index in [1.807, 2.05) is 11.8 Å². The molecule has 0 unspecified atom stereocenters. The first kappa shape index (κ1) is 17.6. The van der Waals surface area contributed by atoms with Gasteiger partial charge in [0.15, 0.2) is 0 Å². The van der Waals surface area contributed by atoms with Gasteiger partial charge in [0, 0.05) is 27.5 Å². The molecule has 0 amide bonds. The number of fused-ring (bicyclic) bond motifs is 5. The molecule has 0 saturated heterocycles. The molecule has 0 radical (unpaired) electrons. The van der Waals surface area contributed by atoms with Crippen LogP contribution in [-0.4, -0.2) is 42.3 Å². The smallest absolute Gasteiger partial charge is 0.101 e. The van der Waals surface area contributed by atoms with Gasteiger partial charge in [0.2, 0.25) is 0 Å². The van der Waals surface area contributed by atoms with E-state index < -0.39 is 0 Å². The van der Waals surface area contributed by atoms with Crippen molar-refractivity contribution in [3.8, 4) is 11.1 Å². The van der Waals surface area contributed by atoms with Crippen LogP contribution >= 0.6 is 11.8 Å². The van der Waals surface area contributed by atoms with E-state index in [9.17, 15) is 0 Å². The van der Waals surface area contributed by atoms with Gasteiger partial charge in [0.05, 0.1) is 12.3 Å². The van der Waals surface area contributed by atoms with Crippen LogP contribution in [0.25, 0.3) is 16.7 Å². The summed E-state index contributed by atoms with van der Waals surface area (Å²) in [5.74, 6) is 0. The summed E-state index contributed by atoms with van der Waals surface area (Å²) < 4.78 is 5.95. The molecule has 0 spiro atoms. The zero-order valence-corrected chi connectivity index (χ0v) is 16.2. The first-order valence-electron chi connectivity index (χ1n) is 9.22. The molecular weight excluding hydrogens is 342 g/mol. The van der Waals surface area contributed by atoms with Crippen molar-refractivity contribution in [2.45, 2.75) is 30.8 Å². The van der Waals surface area contributed by atoms with Crippen LogP contribution in [-0.2, 0) is 11.3 Å². The van der Waals surface area contributed by atoms with E-state index >= 15 is 0 Å². The normalized spacial score (nSPS) is 15.7. The number of nitrogens with one attached hydrogen (secondary N) is 1. The number of nitrogens with zero attached hydrogens (tertiary/aromatic N) is 2. The third-order valence-corrected chi connectivity index (χ3v) is 5.91. The summed E-state index contributed by atoms with van der Waals surface area (Å²) in [6.07, 6.45) is 7.90. The first-order valence-corrected chi connectivity index (χ1v) is 10.0. The maximum Gasteiger partial charge on any atom is 0.101 e. The molecular formula is C21H25N3OS. The molecule has 1 aliphatic carbocycles. The highest BCUT2D eigenvalue weighted by molar-refractivity contribution is 8.03. The van der Waals surface area contributed by atoms with Crippen LogP contribution in [0.4, 0.5) is 0 Å². The molecule has 2 aromatic rings. The fraction of sp³-hybridized carbons (Fsp3) is 0.381. The molecule has 1 N–H and O–H groups in total. The fourth-order valence-corrected chi connectivity index (χ4v) is 4.62. The zero-order valence-electron chi connectivity index (χ0n) is 15.4. The van der Waals surface area contributed by atoms with E-state index in [1.165, 1.54) is 26.5 Å². The van der Waals surface area contributed by atoms with Gasteiger partial charge in [-0.3, -0.25) is 5.10 Å². The fourth-order valence-electron chi connectivity index (χ4n) is 3.47. The lowest BCUT2D eigenvalue weighted by Crippen LogP contribution is -2.14. The SMILES string of the molecule is CN(C)CCCOCc1[nH]nc2c1-c1ccccc1SC1=CCCC=C12. The second-order valence-corrected chi connectivity index (χ2v) is 8.08. The third kappa shape index (κ3) is 3.52. The van der Waals surface area contributed by atoms with Gasteiger partial charge in [-0.15, -0.1) is 0 Å². The molecule has 1 aromatic heterocycles. The third-order valence-electron chi connectivity index (χ3n) is 4.72. The molecule has 136 valence electrons. The van der Waals surface area contributed by atoms with E-state index in [0.717, 1.165) is 43.8 Å². The average Bonchev–Trinajstić information content (AvgIpc) is 2.99. The lowest BCUT2D eigenvalue weighted by atomic mass is 9.96. The van der Waals surface area contributed by atoms with E-state index in [4.69, 9.17) is 9.84 Å². The molecule has 2 aliphatic rings. The first-order chi connectivity index (χ1) is 12.7. The number of aromatic amines is 1. The lowest BCUT2D eigenvalue weighted by Gasteiger charge is -2.12. The zero-order chi connectivity index (χ0) is 17.9. The number of aromatic nitrogens is 2. The van der Waals surface area contributed by atoms with Crippen molar-refractivity contribution in [3.63, 3.8) is 0 Å². The second-order valence-electron chi connectivity index (χ2n) is 7.00. The Kier molecular flexibility index (Phi) is 5.29. The lowest BCUT2D eigenvalue weighted by molar-refractivity contribution is 0.111. The molecule has 0 saturated carbocycles. The second kappa shape index (κ2) is 7.82. The summed E-state index contributed by atoms with van der Waals surface area (Å²) in [4.78, 5) is 4.80. The van der Waals surface area contributed by atoms with Crippen LogP contribution in [0.1, 0.15) is 30.7 Å². The highest BCUT2D eigenvalue weighted by atomic mass is 32.2. The summed E-state index contributed by atoms with van der Waals surface area (Å²) in [6.45, 7) is 2.37. The van der Waals surface area contributed by atoms with Crippen molar-refractivity contribution >= 4 is 17.3 Å². The van der Waals surface area contributed by atoms with Crippen molar-refractivity contribution in [1.82, 2.24) is 15.1 Å². The Bertz CT molecular complexity index is 851. The van der Waals surface area contributed by atoms with E-state index in [2.05, 4.69) is 60.5 Å². The topological polar surface area (TPSA) is 41.1 Å². The van der Waals surface area contributed by atoms with Crippen molar-refractivity contribution in [1.29, 1.82) is 0 Å². The van der Waals surface area contributed by atoms with Gasteiger partial charge in [-0.2, -0.15) is 5.10 Å². The molecule has 0 atom stereocenters. The van der Waals surface area contributed by atoms with Gasteiger partial charge in [0.1, 0.15) is 5.69 Å². The molecule has 26 heavy (non-hydrogen) atoms. The van der Waals surface area contributed by atoms with E-state index in [1.54, 1.807) is 0 Å². The maximum atomic E-state index is 5.95. The van der Waals surface area contributed by atoms with Crippen LogP contribution in [0.2, 0.25) is 0 Å². The van der Waals surface area contributed by atoms with Gasteiger partial charge in [-0.25, -0.2) is 0 Å². The highest BCUT2D eigenvalue weighted by Crippen LogP contribution is 2.49. The Morgan fingerprint density at radius 2 is 2.04 bits per heavy atom. The maximum absolute atomic E-state index is 5.95. The van der Waals surface area contributed by atoms with Gasteiger partial charge >= 0.3 is 0 Å². The minimum absolute atomic E-state index is 0.571. The summed E-state index contributed by atoms with van der Waals surface area (Å²) in [7, 11) is 4.18. The molecule has 5 heteroatoms. The number of hydrogen-bond acceptors (Lipinski definition) is 4. The van der Waals surface area contributed by atoms with E-state index in [-0.39, 0.29) is 0 Å². The number of rotatable bonds is 6. The molecule has 2 heterocycles. The monoisotopic (exact) mass is 367 g/mol. The Morgan fingerprint density at radius 3 is 2.92 bits per heavy atom. The predicted molar refractivity (Wildman–Crippen MR) is 108 cm³/mol. The minimum Gasteiger partial charge on any atom is -0.375 e. The molecule has 0 fully saturated rings. The number of allylic oxidation sites excluding steroid dienone is 3. The minimum atomic E-state index is 0.571. The molecule has 0 bridgehead atoms. The van der Waals surface area contributed by atoms with Crippen LogP contribution < -0.4 is 0 Å². The van der Waals surface area contributed by atoms with E-state index in [0.29, 0.717) is 6.61 Å². The Labute approximate surface area is 159 Å². The number of thioether (sulfide) groups is 1. The predicted octanol–water partition coefficient (Wildman–Crippen LogP) is 4.71. The van der Waals surface area contributed by atoms with Crippen LogP contribution in [0.5, 0.6) is 0 Å². The average molecular weight is 368 g/mol. The molecule has 1 aliphatic heterocycles. The number of ether oxygens (including phenoxy) is 1. The summed E-state index contributed by atoms with van der Waals surface area (Å²) in [5.41, 5.74) is 5.87. The summed E-state index contributed by atoms with van der Waals surface area (Å²) >= 11 is 1.86. The van der Waals surface area contributed by atoms with Gasteiger partial charge in [0.25, 0.3) is 0 Å².